The van der Waals surface area contributed by atoms with E-state index in [-0.39, 0.29) is 5.28 Å². The number of aldehydes is 1. The quantitative estimate of drug-likeness (QED) is 0.592. The van der Waals surface area contributed by atoms with Crippen LogP contribution in [-0.2, 0) is 0 Å². The fourth-order valence-corrected chi connectivity index (χ4v) is 1.72. The van der Waals surface area contributed by atoms with Crippen LogP contribution in [0.25, 0.3) is 10.9 Å². The lowest BCUT2D eigenvalue weighted by Crippen LogP contribution is -1.93. The van der Waals surface area contributed by atoms with Crippen molar-refractivity contribution < 1.29 is 4.79 Å². The molecule has 0 N–H and O–H groups in total. The maximum absolute atomic E-state index is 10.7. The van der Waals surface area contributed by atoms with Gasteiger partial charge in [0.1, 0.15) is 5.69 Å². The molecular weight excluding hydrogens is 267 g/mol. The summed E-state index contributed by atoms with van der Waals surface area (Å²) in [4.78, 5) is 18.5. The van der Waals surface area contributed by atoms with Gasteiger partial charge in [0.25, 0.3) is 0 Å². The van der Waals surface area contributed by atoms with Gasteiger partial charge in [-0.2, -0.15) is 0 Å². The van der Waals surface area contributed by atoms with E-state index < -0.39 is 0 Å². The molecule has 0 unspecified atom stereocenters. The number of benzene rings is 1. The Morgan fingerprint density at radius 3 is 2.86 bits per heavy atom. The van der Waals surface area contributed by atoms with Crippen LogP contribution in [0.4, 0.5) is 0 Å². The SMILES string of the molecule is O=Cc1nc(Cl)nc2cc(Br)ccc12. The van der Waals surface area contributed by atoms with E-state index in [0.717, 1.165) is 4.47 Å². The highest BCUT2D eigenvalue weighted by Gasteiger charge is 2.05. The maximum Gasteiger partial charge on any atom is 0.223 e. The summed E-state index contributed by atoms with van der Waals surface area (Å²) in [5, 5.41) is 0.783. The van der Waals surface area contributed by atoms with Gasteiger partial charge in [0.15, 0.2) is 6.29 Å². The molecule has 14 heavy (non-hydrogen) atoms. The molecule has 0 radical (unpaired) electrons. The van der Waals surface area contributed by atoms with E-state index in [9.17, 15) is 4.79 Å². The Kier molecular flexibility index (Phi) is 2.48. The minimum atomic E-state index is 0.0812. The molecule has 70 valence electrons. The molecule has 0 fully saturated rings. The summed E-state index contributed by atoms with van der Waals surface area (Å²) in [6, 6.07) is 5.39. The maximum atomic E-state index is 10.7. The zero-order valence-electron chi connectivity index (χ0n) is 6.87. The number of hydrogen-bond acceptors (Lipinski definition) is 3. The van der Waals surface area contributed by atoms with Crippen LogP contribution < -0.4 is 0 Å². The van der Waals surface area contributed by atoms with Crippen LogP contribution >= 0.6 is 27.5 Å². The zero-order chi connectivity index (χ0) is 10.1. The molecule has 0 spiro atoms. The summed E-state index contributed by atoms with van der Waals surface area (Å²) in [5.74, 6) is 0. The van der Waals surface area contributed by atoms with Crippen molar-refractivity contribution in [3.05, 3.63) is 33.6 Å². The van der Waals surface area contributed by atoms with E-state index in [1.165, 1.54) is 0 Å². The van der Waals surface area contributed by atoms with Crippen molar-refractivity contribution in [1.29, 1.82) is 0 Å². The van der Waals surface area contributed by atoms with Gasteiger partial charge >= 0.3 is 0 Å². The number of carbonyl (C=O) groups excluding carboxylic acids is 1. The first-order chi connectivity index (χ1) is 6.70. The highest BCUT2D eigenvalue weighted by atomic mass is 79.9. The van der Waals surface area contributed by atoms with E-state index in [1.54, 1.807) is 12.1 Å². The van der Waals surface area contributed by atoms with Gasteiger partial charge in [-0.3, -0.25) is 4.79 Å². The Balaban J connectivity index is 2.87. The molecule has 0 saturated heterocycles. The predicted octanol–water partition coefficient (Wildman–Crippen LogP) is 2.86. The Hall–Kier alpha value is -1.000. The summed E-state index contributed by atoms with van der Waals surface area (Å²) in [7, 11) is 0. The number of halogens is 2. The third kappa shape index (κ3) is 1.63. The van der Waals surface area contributed by atoms with Crippen molar-refractivity contribution in [2.45, 2.75) is 0 Å². The van der Waals surface area contributed by atoms with E-state index in [0.29, 0.717) is 22.9 Å². The van der Waals surface area contributed by atoms with Gasteiger partial charge in [-0.05, 0) is 29.8 Å². The summed E-state index contributed by atoms with van der Waals surface area (Å²) in [6.07, 6.45) is 0.670. The molecule has 0 aliphatic heterocycles. The number of fused-ring (bicyclic) bond motifs is 1. The minimum Gasteiger partial charge on any atom is -0.296 e. The normalized spacial score (nSPS) is 10.4. The van der Waals surface area contributed by atoms with Crippen molar-refractivity contribution in [3.63, 3.8) is 0 Å². The number of carbonyl (C=O) groups is 1. The van der Waals surface area contributed by atoms with Crippen LogP contribution in [0, 0.1) is 0 Å². The minimum absolute atomic E-state index is 0.0812. The third-order valence-electron chi connectivity index (χ3n) is 1.77. The lowest BCUT2D eigenvalue weighted by molar-refractivity contribution is 0.112. The van der Waals surface area contributed by atoms with E-state index in [2.05, 4.69) is 25.9 Å². The highest BCUT2D eigenvalue weighted by Crippen LogP contribution is 2.20. The van der Waals surface area contributed by atoms with Crippen LogP contribution in [-0.4, -0.2) is 16.3 Å². The molecule has 0 atom stereocenters. The van der Waals surface area contributed by atoms with Crippen LogP contribution in [0.1, 0.15) is 10.5 Å². The smallest absolute Gasteiger partial charge is 0.223 e. The van der Waals surface area contributed by atoms with E-state index in [4.69, 9.17) is 11.6 Å². The fourth-order valence-electron chi connectivity index (χ4n) is 1.19. The standard InChI is InChI=1S/C9H4BrClN2O/c10-5-1-2-6-7(3-5)12-9(11)13-8(6)4-14/h1-4H. The number of nitrogens with zero attached hydrogens (tertiary/aromatic N) is 2. The molecule has 5 heteroatoms. The summed E-state index contributed by atoms with van der Waals surface area (Å²) < 4.78 is 0.886. The van der Waals surface area contributed by atoms with Crippen molar-refractivity contribution in [3.8, 4) is 0 Å². The summed E-state index contributed by atoms with van der Waals surface area (Å²) in [5.41, 5.74) is 0.967. The summed E-state index contributed by atoms with van der Waals surface area (Å²) >= 11 is 8.97. The van der Waals surface area contributed by atoms with Crippen LogP contribution in [0.5, 0.6) is 0 Å². The molecular formula is C9H4BrClN2O. The first-order valence-corrected chi connectivity index (χ1v) is 4.96. The van der Waals surface area contributed by atoms with Crippen LogP contribution in [0.2, 0.25) is 5.28 Å². The van der Waals surface area contributed by atoms with Gasteiger partial charge in [-0.25, -0.2) is 9.97 Å². The Bertz CT molecular complexity index is 510. The third-order valence-corrected chi connectivity index (χ3v) is 2.44. The van der Waals surface area contributed by atoms with Gasteiger partial charge < -0.3 is 0 Å². The van der Waals surface area contributed by atoms with Crippen LogP contribution in [0.3, 0.4) is 0 Å². The van der Waals surface area contributed by atoms with Crippen molar-refractivity contribution in [2.75, 3.05) is 0 Å². The topological polar surface area (TPSA) is 42.9 Å². The first-order valence-electron chi connectivity index (χ1n) is 3.78. The first kappa shape index (κ1) is 9.55. The predicted molar refractivity (Wildman–Crippen MR) is 57.6 cm³/mol. The number of aromatic nitrogens is 2. The second-order valence-corrected chi connectivity index (χ2v) is 3.91. The van der Waals surface area contributed by atoms with Crippen molar-refractivity contribution >= 4 is 44.7 Å². The van der Waals surface area contributed by atoms with E-state index >= 15 is 0 Å². The molecule has 0 aliphatic rings. The monoisotopic (exact) mass is 270 g/mol. The molecule has 0 aliphatic carbocycles. The molecule has 1 aromatic heterocycles. The molecule has 3 nitrogen and oxygen atoms in total. The molecule has 2 aromatic rings. The van der Waals surface area contributed by atoms with Gasteiger partial charge in [0, 0.05) is 9.86 Å². The van der Waals surface area contributed by atoms with Gasteiger partial charge in [0.05, 0.1) is 5.52 Å². The highest BCUT2D eigenvalue weighted by molar-refractivity contribution is 9.10. The second-order valence-electron chi connectivity index (χ2n) is 2.66. The average molecular weight is 272 g/mol. The fraction of sp³-hybridized carbons (Fsp3) is 0. The molecule has 0 bridgehead atoms. The molecule has 0 amide bonds. The Labute approximate surface area is 93.2 Å². The molecule has 2 rings (SSSR count). The molecule has 1 aromatic carbocycles. The largest absolute Gasteiger partial charge is 0.296 e. The Morgan fingerprint density at radius 2 is 2.14 bits per heavy atom. The van der Waals surface area contributed by atoms with Gasteiger partial charge in [-0.15, -0.1) is 0 Å². The number of hydrogen-bond donors (Lipinski definition) is 0. The molecule has 0 saturated carbocycles. The van der Waals surface area contributed by atoms with Crippen LogP contribution in [0.15, 0.2) is 22.7 Å². The van der Waals surface area contributed by atoms with Gasteiger partial charge in [-0.1, -0.05) is 15.9 Å². The summed E-state index contributed by atoms with van der Waals surface area (Å²) in [6.45, 7) is 0. The van der Waals surface area contributed by atoms with E-state index in [1.807, 2.05) is 6.07 Å². The van der Waals surface area contributed by atoms with Crippen molar-refractivity contribution in [1.82, 2.24) is 9.97 Å². The lowest BCUT2D eigenvalue weighted by atomic mass is 10.2. The second kappa shape index (κ2) is 3.63. The van der Waals surface area contributed by atoms with Crippen molar-refractivity contribution in [2.24, 2.45) is 0 Å². The Morgan fingerprint density at radius 1 is 1.36 bits per heavy atom. The average Bonchev–Trinajstić information content (AvgIpc) is 2.15. The lowest BCUT2D eigenvalue weighted by Gasteiger charge is -2.00. The van der Waals surface area contributed by atoms with Gasteiger partial charge in [0.2, 0.25) is 5.28 Å². The number of rotatable bonds is 1. The molecule has 1 heterocycles. The zero-order valence-corrected chi connectivity index (χ0v) is 9.21.